The minimum absolute atomic E-state index is 0.00218. The van der Waals surface area contributed by atoms with Crippen LogP contribution in [-0.4, -0.2) is 41.3 Å². The summed E-state index contributed by atoms with van der Waals surface area (Å²) in [5, 5.41) is 15.6. The van der Waals surface area contributed by atoms with E-state index in [4.69, 9.17) is 0 Å². The zero-order valence-electron chi connectivity index (χ0n) is 11.8. The van der Waals surface area contributed by atoms with Crippen LogP contribution < -0.4 is 4.72 Å². The molecule has 6 nitrogen and oxygen atoms in total. The minimum atomic E-state index is -3.68. The molecule has 1 aromatic rings. The van der Waals surface area contributed by atoms with Crippen molar-refractivity contribution in [2.75, 3.05) is 12.8 Å². The molecule has 0 radical (unpaired) electrons. The third-order valence-corrected chi connectivity index (χ3v) is 6.77. The van der Waals surface area contributed by atoms with Gasteiger partial charge >= 0.3 is 0 Å². The van der Waals surface area contributed by atoms with Crippen molar-refractivity contribution in [2.24, 2.45) is 0 Å². The number of sulfonamides is 1. The SMILES string of the molecule is CSC1(CNS(=O)(=O)c2n[nH]c(C)c2CO)CCCC1. The van der Waals surface area contributed by atoms with E-state index in [2.05, 4.69) is 14.9 Å². The van der Waals surface area contributed by atoms with E-state index in [1.54, 1.807) is 18.7 Å². The van der Waals surface area contributed by atoms with Gasteiger partial charge < -0.3 is 5.11 Å². The van der Waals surface area contributed by atoms with Gasteiger partial charge in [-0.15, -0.1) is 0 Å². The molecular formula is C12H21N3O3S2. The Morgan fingerprint density at radius 2 is 2.10 bits per heavy atom. The molecule has 1 aliphatic carbocycles. The first-order chi connectivity index (χ1) is 9.44. The summed E-state index contributed by atoms with van der Waals surface area (Å²) in [5.74, 6) is 0. The first kappa shape index (κ1) is 15.8. The largest absolute Gasteiger partial charge is 0.392 e. The molecule has 1 saturated carbocycles. The lowest BCUT2D eigenvalue weighted by Crippen LogP contribution is -2.38. The molecule has 1 heterocycles. The second-order valence-electron chi connectivity index (χ2n) is 5.21. The third-order valence-electron chi connectivity index (χ3n) is 3.98. The predicted molar refractivity (Wildman–Crippen MR) is 79.2 cm³/mol. The average Bonchev–Trinajstić information content (AvgIpc) is 3.04. The number of aryl methyl sites for hydroxylation is 1. The fourth-order valence-electron chi connectivity index (χ4n) is 2.61. The number of H-pyrrole nitrogens is 1. The van der Waals surface area contributed by atoms with E-state index in [9.17, 15) is 13.5 Å². The summed E-state index contributed by atoms with van der Waals surface area (Å²) < 4.78 is 27.3. The molecule has 20 heavy (non-hydrogen) atoms. The number of aromatic amines is 1. The molecule has 1 fully saturated rings. The second-order valence-corrected chi connectivity index (χ2v) is 8.17. The van der Waals surface area contributed by atoms with Gasteiger partial charge in [0.15, 0.2) is 5.03 Å². The van der Waals surface area contributed by atoms with Gasteiger partial charge in [-0.3, -0.25) is 5.10 Å². The number of aromatic nitrogens is 2. The van der Waals surface area contributed by atoms with Crippen LogP contribution in [0, 0.1) is 6.92 Å². The lowest BCUT2D eigenvalue weighted by atomic mass is 10.1. The summed E-state index contributed by atoms with van der Waals surface area (Å²) in [6, 6.07) is 0. The van der Waals surface area contributed by atoms with Gasteiger partial charge in [0.2, 0.25) is 0 Å². The Labute approximate surface area is 123 Å². The van der Waals surface area contributed by atoms with Gasteiger partial charge in [0.05, 0.1) is 6.61 Å². The van der Waals surface area contributed by atoms with Crippen molar-refractivity contribution < 1.29 is 13.5 Å². The van der Waals surface area contributed by atoms with Crippen LogP contribution in [0.15, 0.2) is 5.03 Å². The Morgan fingerprint density at radius 3 is 2.65 bits per heavy atom. The highest BCUT2D eigenvalue weighted by molar-refractivity contribution is 8.00. The quantitative estimate of drug-likeness (QED) is 0.731. The number of nitrogens with zero attached hydrogens (tertiary/aromatic N) is 1. The number of aliphatic hydroxyl groups is 1. The summed E-state index contributed by atoms with van der Waals surface area (Å²) in [4.78, 5) is 0. The highest BCUT2D eigenvalue weighted by Crippen LogP contribution is 2.39. The topological polar surface area (TPSA) is 95.1 Å². The molecule has 0 unspecified atom stereocenters. The Morgan fingerprint density at radius 1 is 1.45 bits per heavy atom. The average molecular weight is 319 g/mol. The van der Waals surface area contributed by atoms with E-state index in [1.807, 2.05) is 6.26 Å². The number of thioether (sulfide) groups is 1. The van der Waals surface area contributed by atoms with Crippen molar-refractivity contribution in [1.82, 2.24) is 14.9 Å². The zero-order valence-corrected chi connectivity index (χ0v) is 13.4. The van der Waals surface area contributed by atoms with Gasteiger partial charge in [-0.05, 0) is 26.0 Å². The fourth-order valence-corrected chi connectivity index (χ4v) is 4.92. The van der Waals surface area contributed by atoms with Crippen LogP contribution in [0.25, 0.3) is 0 Å². The van der Waals surface area contributed by atoms with Gasteiger partial charge in [-0.25, -0.2) is 13.1 Å². The lowest BCUT2D eigenvalue weighted by molar-refractivity contribution is 0.277. The third kappa shape index (κ3) is 3.03. The molecule has 0 bridgehead atoms. The van der Waals surface area contributed by atoms with E-state index < -0.39 is 10.0 Å². The molecule has 1 aromatic heterocycles. The highest BCUT2D eigenvalue weighted by atomic mass is 32.2. The van der Waals surface area contributed by atoms with E-state index in [0.29, 0.717) is 17.8 Å². The summed E-state index contributed by atoms with van der Waals surface area (Å²) in [6.07, 6.45) is 6.38. The highest BCUT2D eigenvalue weighted by Gasteiger charge is 2.35. The lowest BCUT2D eigenvalue weighted by Gasteiger charge is -2.26. The van der Waals surface area contributed by atoms with E-state index >= 15 is 0 Å². The fraction of sp³-hybridized carbons (Fsp3) is 0.750. The van der Waals surface area contributed by atoms with Crippen LogP contribution >= 0.6 is 11.8 Å². The van der Waals surface area contributed by atoms with Gasteiger partial charge in [0.25, 0.3) is 10.0 Å². The van der Waals surface area contributed by atoms with Crippen molar-refractivity contribution in [3.8, 4) is 0 Å². The van der Waals surface area contributed by atoms with Crippen LogP contribution in [0.4, 0.5) is 0 Å². The molecule has 8 heteroatoms. The monoisotopic (exact) mass is 319 g/mol. The Bertz CT molecular complexity index is 563. The summed E-state index contributed by atoms with van der Waals surface area (Å²) in [7, 11) is -3.68. The number of nitrogens with one attached hydrogen (secondary N) is 2. The van der Waals surface area contributed by atoms with Crippen molar-refractivity contribution in [3.63, 3.8) is 0 Å². The number of hydrogen-bond acceptors (Lipinski definition) is 5. The van der Waals surface area contributed by atoms with Gasteiger partial charge in [-0.2, -0.15) is 16.9 Å². The molecule has 0 amide bonds. The summed E-state index contributed by atoms with van der Waals surface area (Å²) >= 11 is 1.73. The maximum Gasteiger partial charge on any atom is 0.260 e. The van der Waals surface area contributed by atoms with Crippen LogP contribution in [-0.2, 0) is 16.6 Å². The first-order valence-electron chi connectivity index (χ1n) is 6.64. The van der Waals surface area contributed by atoms with Crippen LogP contribution in [0.3, 0.4) is 0 Å². The van der Waals surface area contributed by atoms with Gasteiger partial charge in [-0.1, -0.05) is 12.8 Å². The molecule has 0 saturated heterocycles. The number of rotatable bonds is 6. The molecule has 3 N–H and O–H groups in total. The molecule has 1 aliphatic rings. The van der Waals surface area contributed by atoms with Crippen molar-refractivity contribution in [3.05, 3.63) is 11.3 Å². The zero-order chi connectivity index (χ0) is 14.8. The molecule has 0 spiro atoms. The molecular weight excluding hydrogens is 298 g/mol. The second kappa shape index (κ2) is 6.05. The van der Waals surface area contributed by atoms with Crippen LogP contribution in [0.5, 0.6) is 0 Å². The molecule has 0 aromatic carbocycles. The van der Waals surface area contributed by atoms with Crippen molar-refractivity contribution in [2.45, 2.75) is 49.0 Å². The molecule has 114 valence electrons. The smallest absolute Gasteiger partial charge is 0.260 e. The maximum atomic E-state index is 12.3. The standard InChI is InChI=1S/C12H21N3O3S2/c1-9-10(7-16)11(15-14-9)20(17,18)13-8-12(19-2)5-3-4-6-12/h13,16H,3-8H2,1-2H3,(H,14,15). The number of aliphatic hydroxyl groups excluding tert-OH is 1. The van der Waals surface area contributed by atoms with Gasteiger partial charge in [0, 0.05) is 22.5 Å². The minimum Gasteiger partial charge on any atom is -0.392 e. The maximum absolute atomic E-state index is 12.3. The Balaban J connectivity index is 2.15. The first-order valence-corrected chi connectivity index (χ1v) is 9.34. The molecule has 2 rings (SSSR count). The summed E-state index contributed by atoms with van der Waals surface area (Å²) in [5.41, 5.74) is 0.912. The van der Waals surface area contributed by atoms with E-state index in [0.717, 1.165) is 25.7 Å². The summed E-state index contributed by atoms with van der Waals surface area (Å²) in [6.45, 7) is 1.76. The normalized spacial score (nSPS) is 18.6. The number of hydrogen-bond donors (Lipinski definition) is 3. The Kier molecular flexibility index (Phi) is 4.78. The van der Waals surface area contributed by atoms with Crippen LogP contribution in [0.1, 0.15) is 36.9 Å². The molecule has 0 atom stereocenters. The predicted octanol–water partition coefficient (Wildman–Crippen LogP) is 1.16. The van der Waals surface area contributed by atoms with Crippen molar-refractivity contribution >= 4 is 21.8 Å². The van der Waals surface area contributed by atoms with Crippen molar-refractivity contribution in [1.29, 1.82) is 0 Å². The molecule has 0 aliphatic heterocycles. The van der Waals surface area contributed by atoms with Gasteiger partial charge in [0.1, 0.15) is 0 Å². The van der Waals surface area contributed by atoms with Crippen LogP contribution in [0.2, 0.25) is 0 Å². The Hall–Kier alpha value is -0.570. The van der Waals surface area contributed by atoms with E-state index in [-0.39, 0.29) is 16.4 Å². The van der Waals surface area contributed by atoms with E-state index in [1.165, 1.54) is 0 Å².